The maximum Gasteiger partial charge on any atom is 0.225 e. The van der Waals surface area contributed by atoms with Gasteiger partial charge in [0.1, 0.15) is 5.52 Å². The Bertz CT molecular complexity index is 633. The minimum Gasteiger partial charge on any atom is -0.441 e. The van der Waals surface area contributed by atoms with Crippen molar-refractivity contribution in [1.82, 2.24) is 19.8 Å². The predicted molar refractivity (Wildman–Crippen MR) is 63.8 cm³/mol. The van der Waals surface area contributed by atoms with Crippen LogP contribution in [0.3, 0.4) is 0 Å². The topological polar surface area (TPSA) is 76.7 Å². The van der Waals surface area contributed by atoms with E-state index in [1.54, 1.807) is 0 Å². The molecule has 0 aliphatic carbocycles. The van der Waals surface area contributed by atoms with E-state index in [2.05, 4.69) is 25.1 Å². The number of rotatable bonds is 3. The summed E-state index contributed by atoms with van der Waals surface area (Å²) < 4.78 is 9.09. The van der Waals surface area contributed by atoms with Gasteiger partial charge in [0.25, 0.3) is 0 Å². The third kappa shape index (κ3) is 2.09. The second kappa shape index (κ2) is 4.10. The van der Waals surface area contributed by atoms with Crippen molar-refractivity contribution in [3.63, 3.8) is 0 Å². The van der Waals surface area contributed by atoms with Crippen LogP contribution in [-0.4, -0.2) is 19.8 Å². The van der Waals surface area contributed by atoms with Crippen LogP contribution >= 0.6 is 11.5 Å². The number of anilines is 1. The Morgan fingerprint density at radius 3 is 3.18 bits per heavy atom. The molecule has 0 saturated carbocycles. The number of aryl methyl sites for hydroxylation is 1. The van der Waals surface area contributed by atoms with Gasteiger partial charge >= 0.3 is 0 Å². The molecule has 2 heterocycles. The normalized spacial score (nSPS) is 10.9. The van der Waals surface area contributed by atoms with Crippen molar-refractivity contribution < 1.29 is 4.42 Å². The summed E-state index contributed by atoms with van der Waals surface area (Å²) in [6.07, 6.45) is 0. The first-order chi connectivity index (χ1) is 8.31. The summed E-state index contributed by atoms with van der Waals surface area (Å²) in [4.78, 5) is 4.29. The number of aromatic nitrogens is 4. The number of oxazole rings is 1. The summed E-state index contributed by atoms with van der Waals surface area (Å²) in [5, 5.41) is 11.2. The molecule has 3 aromatic rings. The average molecular weight is 247 g/mol. The Hall–Kier alpha value is -2.02. The largest absolute Gasteiger partial charge is 0.441 e. The molecule has 0 saturated heterocycles. The fourth-order valence-electron chi connectivity index (χ4n) is 1.58. The first-order valence-electron chi connectivity index (χ1n) is 5.06. The number of fused-ring (bicyclic) bond motifs is 1. The van der Waals surface area contributed by atoms with E-state index in [9.17, 15) is 0 Å². The first-order valence-corrected chi connectivity index (χ1v) is 5.83. The highest BCUT2D eigenvalue weighted by Crippen LogP contribution is 2.17. The second-order valence-electron chi connectivity index (χ2n) is 3.56. The minimum atomic E-state index is 0.665. The van der Waals surface area contributed by atoms with Crippen LogP contribution in [0.1, 0.15) is 11.5 Å². The van der Waals surface area contributed by atoms with Crippen LogP contribution in [0.2, 0.25) is 0 Å². The minimum absolute atomic E-state index is 0.665. The number of hydrogen-bond acceptors (Lipinski definition) is 7. The summed E-state index contributed by atoms with van der Waals surface area (Å²) in [5.41, 5.74) is 2.79. The van der Waals surface area contributed by atoms with Gasteiger partial charge in [0, 0.05) is 25.0 Å². The zero-order valence-corrected chi connectivity index (χ0v) is 9.86. The Morgan fingerprint density at radius 1 is 1.41 bits per heavy atom. The summed E-state index contributed by atoms with van der Waals surface area (Å²) in [7, 11) is 0. The molecule has 6 nitrogen and oxygen atoms in total. The molecule has 1 N–H and O–H groups in total. The highest BCUT2D eigenvalue weighted by molar-refractivity contribution is 7.09. The molecule has 0 aliphatic heterocycles. The van der Waals surface area contributed by atoms with Crippen molar-refractivity contribution in [2.45, 2.75) is 13.5 Å². The molecule has 3 rings (SSSR count). The zero-order chi connectivity index (χ0) is 11.7. The SMILES string of the molecule is Cc1nc2cc(CNc3nnns3)ccc2o1. The number of nitrogens with one attached hydrogen (secondary N) is 1. The van der Waals surface area contributed by atoms with E-state index in [0.717, 1.165) is 16.7 Å². The summed E-state index contributed by atoms with van der Waals surface area (Å²) in [6.45, 7) is 2.50. The van der Waals surface area contributed by atoms with Gasteiger partial charge < -0.3 is 9.73 Å². The van der Waals surface area contributed by atoms with Crippen LogP contribution < -0.4 is 5.32 Å². The smallest absolute Gasteiger partial charge is 0.225 e. The van der Waals surface area contributed by atoms with Crippen LogP contribution in [0.4, 0.5) is 5.13 Å². The van der Waals surface area contributed by atoms with E-state index in [1.807, 2.05) is 25.1 Å². The second-order valence-corrected chi connectivity index (χ2v) is 4.29. The molecule has 86 valence electrons. The van der Waals surface area contributed by atoms with Crippen LogP contribution in [0.5, 0.6) is 0 Å². The molecule has 2 aromatic heterocycles. The third-order valence-corrected chi connectivity index (χ3v) is 2.86. The van der Waals surface area contributed by atoms with Crippen molar-refractivity contribution in [2.75, 3.05) is 5.32 Å². The van der Waals surface area contributed by atoms with E-state index in [4.69, 9.17) is 4.42 Å². The maximum atomic E-state index is 5.41. The molecule has 0 spiro atoms. The average Bonchev–Trinajstić information content (AvgIpc) is 2.92. The van der Waals surface area contributed by atoms with Gasteiger partial charge in [-0.05, 0) is 22.9 Å². The predicted octanol–water partition coefficient (Wildman–Crippen LogP) is 1.99. The standard InChI is InChI=1S/C10H9N5OS/c1-6-12-8-4-7(2-3-9(8)16-6)5-11-10-13-14-15-17-10/h2-4H,5H2,1H3,(H,11,13,15). The van der Waals surface area contributed by atoms with Crippen LogP contribution in [0, 0.1) is 6.92 Å². The van der Waals surface area contributed by atoms with E-state index < -0.39 is 0 Å². The van der Waals surface area contributed by atoms with Gasteiger partial charge in [0.05, 0.1) is 0 Å². The highest BCUT2D eigenvalue weighted by atomic mass is 32.1. The fourth-order valence-corrected chi connectivity index (χ4v) is 1.94. The molecule has 17 heavy (non-hydrogen) atoms. The van der Waals surface area contributed by atoms with Crippen LogP contribution in [-0.2, 0) is 6.54 Å². The highest BCUT2D eigenvalue weighted by Gasteiger charge is 2.03. The number of benzene rings is 1. The molecule has 0 unspecified atom stereocenters. The van der Waals surface area contributed by atoms with Crippen LogP contribution in [0.15, 0.2) is 22.6 Å². The lowest BCUT2D eigenvalue weighted by atomic mass is 10.2. The van der Waals surface area contributed by atoms with E-state index in [-0.39, 0.29) is 0 Å². The number of hydrogen-bond donors (Lipinski definition) is 1. The van der Waals surface area contributed by atoms with Gasteiger partial charge in [-0.1, -0.05) is 15.7 Å². The van der Waals surface area contributed by atoms with Gasteiger partial charge in [0.2, 0.25) is 5.13 Å². The lowest BCUT2D eigenvalue weighted by Gasteiger charge is -2.00. The monoisotopic (exact) mass is 247 g/mol. The molecular formula is C10H9N5OS. The Kier molecular flexibility index (Phi) is 2.45. The summed E-state index contributed by atoms with van der Waals surface area (Å²) >= 11 is 1.23. The summed E-state index contributed by atoms with van der Waals surface area (Å²) in [6, 6.07) is 5.91. The van der Waals surface area contributed by atoms with Crippen LogP contribution in [0.25, 0.3) is 11.1 Å². The van der Waals surface area contributed by atoms with Gasteiger partial charge in [-0.3, -0.25) is 0 Å². The molecule has 1 aromatic carbocycles. The van der Waals surface area contributed by atoms with Gasteiger partial charge in [-0.2, -0.15) is 0 Å². The zero-order valence-electron chi connectivity index (χ0n) is 9.04. The molecule has 7 heteroatoms. The molecule has 0 radical (unpaired) electrons. The van der Waals surface area contributed by atoms with Crippen molar-refractivity contribution in [1.29, 1.82) is 0 Å². The van der Waals surface area contributed by atoms with E-state index in [0.29, 0.717) is 17.6 Å². The van der Waals surface area contributed by atoms with E-state index in [1.165, 1.54) is 11.5 Å². The fraction of sp³-hybridized carbons (Fsp3) is 0.200. The molecule has 0 amide bonds. The lowest BCUT2D eigenvalue weighted by Crippen LogP contribution is -1.98. The third-order valence-electron chi connectivity index (χ3n) is 2.30. The quantitative estimate of drug-likeness (QED) is 0.762. The number of nitrogens with zero attached hydrogens (tertiary/aromatic N) is 4. The van der Waals surface area contributed by atoms with Gasteiger partial charge in [0.15, 0.2) is 11.5 Å². The lowest BCUT2D eigenvalue weighted by molar-refractivity contribution is 0.561. The Morgan fingerprint density at radius 2 is 2.35 bits per heavy atom. The molecule has 0 aliphatic rings. The van der Waals surface area contributed by atoms with Gasteiger partial charge in [-0.15, -0.1) is 0 Å². The van der Waals surface area contributed by atoms with E-state index >= 15 is 0 Å². The van der Waals surface area contributed by atoms with Crippen molar-refractivity contribution in [3.05, 3.63) is 29.7 Å². The molecule has 0 fully saturated rings. The van der Waals surface area contributed by atoms with Gasteiger partial charge in [-0.25, -0.2) is 4.98 Å². The van der Waals surface area contributed by atoms with Crippen molar-refractivity contribution in [2.24, 2.45) is 0 Å². The first kappa shape index (κ1) is 10.2. The Labute approximate surface area is 101 Å². The maximum absolute atomic E-state index is 5.41. The molecule has 0 atom stereocenters. The molecule has 0 bridgehead atoms. The van der Waals surface area contributed by atoms with Crippen molar-refractivity contribution >= 4 is 27.8 Å². The summed E-state index contributed by atoms with van der Waals surface area (Å²) in [5.74, 6) is 0.679. The van der Waals surface area contributed by atoms with Crippen molar-refractivity contribution in [3.8, 4) is 0 Å². The molecular weight excluding hydrogens is 238 g/mol. The Balaban J connectivity index is 1.81.